The van der Waals surface area contributed by atoms with E-state index < -0.39 is 28.5 Å². The average molecular weight is 683 g/mol. The molecule has 4 aromatic carbocycles. The van der Waals surface area contributed by atoms with Crippen molar-refractivity contribution < 1.29 is 22.7 Å². The highest BCUT2D eigenvalue weighted by Gasteiger charge is 2.33. The Morgan fingerprint density at radius 1 is 0.848 bits per heavy atom. The number of para-hydroxylation sites is 1. The number of carbonyl (C=O) groups excluding carboxylic acids is 2. The third kappa shape index (κ3) is 8.81. The molecule has 1 atom stereocenters. The summed E-state index contributed by atoms with van der Waals surface area (Å²) < 4.78 is 35.2. The number of anilines is 1. The highest BCUT2D eigenvalue weighted by molar-refractivity contribution is 7.92. The normalized spacial score (nSPS) is 11.8. The largest absolute Gasteiger partial charge is 0.457 e. The van der Waals surface area contributed by atoms with Gasteiger partial charge in [-0.3, -0.25) is 13.9 Å². The molecule has 0 unspecified atom stereocenters. The maximum atomic E-state index is 14.2. The van der Waals surface area contributed by atoms with Crippen molar-refractivity contribution in [1.82, 2.24) is 10.2 Å². The predicted octanol–water partition coefficient (Wildman–Crippen LogP) is 7.62. The minimum Gasteiger partial charge on any atom is -0.457 e. The van der Waals surface area contributed by atoms with Crippen molar-refractivity contribution in [1.29, 1.82) is 0 Å². The highest BCUT2D eigenvalue weighted by Crippen LogP contribution is 2.30. The molecule has 46 heavy (non-hydrogen) atoms. The SMILES string of the molecule is CCCCNC(=O)[C@H](C)N(Cc1c(Cl)cccc1Cl)C(=O)CN(c1ccc(Oc2ccccc2)cc1)S(=O)(=O)c1ccc(C)cc1. The fraction of sp³-hybridized carbons (Fsp3) is 0.257. The van der Waals surface area contributed by atoms with Crippen LogP contribution in [-0.4, -0.2) is 44.3 Å². The predicted molar refractivity (Wildman–Crippen MR) is 183 cm³/mol. The number of unbranched alkanes of at least 4 members (excludes halogenated alkanes) is 1. The van der Waals surface area contributed by atoms with Crippen LogP contribution in [0.5, 0.6) is 11.5 Å². The number of benzene rings is 4. The molecule has 1 N–H and O–H groups in total. The second-order valence-corrected chi connectivity index (χ2v) is 13.5. The van der Waals surface area contributed by atoms with E-state index in [1.54, 1.807) is 73.7 Å². The molecular formula is C35H37Cl2N3O5S. The number of amides is 2. The van der Waals surface area contributed by atoms with Crippen molar-refractivity contribution in [3.63, 3.8) is 0 Å². The van der Waals surface area contributed by atoms with Gasteiger partial charge in [0.1, 0.15) is 24.1 Å². The fourth-order valence-corrected chi connectivity index (χ4v) is 6.57. The molecule has 2 amide bonds. The molecule has 4 rings (SSSR count). The molecule has 0 radical (unpaired) electrons. The van der Waals surface area contributed by atoms with E-state index in [0.717, 1.165) is 22.7 Å². The maximum absolute atomic E-state index is 14.2. The zero-order chi connectivity index (χ0) is 33.3. The van der Waals surface area contributed by atoms with Gasteiger partial charge < -0.3 is 15.0 Å². The number of sulfonamides is 1. The summed E-state index contributed by atoms with van der Waals surface area (Å²) in [7, 11) is -4.23. The van der Waals surface area contributed by atoms with Crippen LogP contribution in [0.15, 0.2) is 102 Å². The first-order valence-corrected chi connectivity index (χ1v) is 17.1. The van der Waals surface area contributed by atoms with E-state index in [2.05, 4.69) is 5.32 Å². The van der Waals surface area contributed by atoms with Gasteiger partial charge in [-0.25, -0.2) is 8.42 Å². The quantitative estimate of drug-likeness (QED) is 0.138. The van der Waals surface area contributed by atoms with Gasteiger partial charge in [0.15, 0.2) is 0 Å². The summed E-state index contributed by atoms with van der Waals surface area (Å²) in [5, 5.41) is 3.50. The smallest absolute Gasteiger partial charge is 0.264 e. The lowest BCUT2D eigenvalue weighted by atomic mass is 10.1. The molecule has 0 aliphatic heterocycles. The van der Waals surface area contributed by atoms with Crippen molar-refractivity contribution >= 4 is 50.7 Å². The summed E-state index contributed by atoms with van der Waals surface area (Å²) in [4.78, 5) is 28.7. The summed E-state index contributed by atoms with van der Waals surface area (Å²) in [6.07, 6.45) is 1.66. The minimum absolute atomic E-state index is 0.0153. The lowest BCUT2D eigenvalue weighted by Crippen LogP contribution is -2.51. The Morgan fingerprint density at radius 3 is 2.07 bits per heavy atom. The standard InChI is InChI=1S/C35H37Cl2N3O5S/c1-4-5-22-38-35(42)26(3)39(23-31-32(36)12-9-13-33(31)37)34(41)24-40(46(43,44)30-20-14-25(2)15-21-30)27-16-18-29(19-17-27)45-28-10-7-6-8-11-28/h6-21,26H,4-5,22-24H2,1-3H3,(H,38,42)/t26-/m0/s1. The van der Waals surface area contributed by atoms with Crippen LogP contribution in [0.25, 0.3) is 0 Å². The van der Waals surface area contributed by atoms with Gasteiger partial charge in [0, 0.05) is 28.7 Å². The van der Waals surface area contributed by atoms with Gasteiger partial charge in [-0.1, -0.05) is 78.5 Å². The van der Waals surface area contributed by atoms with E-state index in [4.69, 9.17) is 27.9 Å². The van der Waals surface area contributed by atoms with Crippen LogP contribution in [-0.2, 0) is 26.2 Å². The Labute approximate surface area is 280 Å². The molecule has 242 valence electrons. The molecule has 0 spiro atoms. The van der Waals surface area contributed by atoms with Crippen LogP contribution < -0.4 is 14.4 Å². The van der Waals surface area contributed by atoms with Crippen molar-refractivity contribution in [3.05, 3.63) is 118 Å². The average Bonchev–Trinajstić information content (AvgIpc) is 3.04. The van der Waals surface area contributed by atoms with Gasteiger partial charge in [0.25, 0.3) is 10.0 Å². The van der Waals surface area contributed by atoms with E-state index in [1.807, 2.05) is 32.0 Å². The molecule has 0 aromatic heterocycles. The summed E-state index contributed by atoms with van der Waals surface area (Å²) in [5.41, 5.74) is 1.57. The van der Waals surface area contributed by atoms with Gasteiger partial charge in [-0.2, -0.15) is 0 Å². The minimum atomic E-state index is -4.23. The summed E-state index contributed by atoms with van der Waals surface area (Å²) in [6, 6.07) is 26.0. The third-order valence-electron chi connectivity index (χ3n) is 7.38. The zero-order valence-corrected chi connectivity index (χ0v) is 28.3. The zero-order valence-electron chi connectivity index (χ0n) is 26.0. The van der Waals surface area contributed by atoms with Crippen LogP contribution in [0.3, 0.4) is 0 Å². The number of rotatable bonds is 14. The van der Waals surface area contributed by atoms with E-state index >= 15 is 0 Å². The molecule has 0 saturated carbocycles. The van der Waals surface area contributed by atoms with Crippen LogP contribution in [0.4, 0.5) is 5.69 Å². The molecule has 0 aliphatic carbocycles. The van der Waals surface area contributed by atoms with Gasteiger partial charge in [-0.15, -0.1) is 0 Å². The topological polar surface area (TPSA) is 96.0 Å². The van der Waals surface area contributed by atoms with Crippen molar-refractivity contribution in [2.75, 3.05) is 17.4 Å². The van der Waals surface area contributed by atoms with Crippen LogP contribution in [0.2, 0.25) is 10.0 Å². The molecule has 0 bridgehead atoms. The highest BCUT2D eigenvalue weighted by atomic mass is 35.5. The van der Waals surface area contributed by atoms with Gasteiger partial charge >= 0.3 is 0 Å². The number of ether oxygens (including phenoxy) is 1. The first kappa shape index (κ1) is 34.8. The summed E-state index contributed by atoms with van der Waals surface area (Å²) in [5.74, 6) is 0.116. The van der Waals surface area contributed by atoms with Crippen molar-refractivity contribution in [3.8, 4) is 11.5 Å². The van der Waals surface area contributed by atoms with Crippen molar-refractivity contribution in [2.45, 2.75) is 51.1 Å². The number of halogens is 2. The van der Waals surface area contributed by atoms with E-state index in [9.17, 15) is 18.0 Å². The lowest BCUT2D eigenvalue weighted by molar-refractivity contribution is -0.139. The van der Waals surface area contributed by atoms with Crippen LogP contribution >= 0.6 is 23.2 Å². The molecule has 0 heterocycles. The van der Waals surface area contributed by atoms with Gasteiger partial charge in [-0.05, 0) is 80.9 Å². The Bertz CT molecular complexity index is 1710. The third-order valence-corrected chi connectivity index (χ3v) is 9.87. The number of nitrogens with zero attached hydrogens (tertiary/aromatic N) is 2. The molecule has 4 aromatic rings. The Balaban J connectivity index is 1.71. The molecular weight excluding hydrogens is 645 g/mol. The lowest BCUT2D eigenvalue weighted by Gasteiger charge is -2.32. The van der Waals surface area contributed by atoms with Gasteiger partial charge in [0.2, 0.25) is 11.8 Å². The number of hydrogen-bond acceptors (Lipinski definition) is 5. The molecule has 0 aliphatic rings. The Morgan fingerprint density at radius 2 is 1.46 bits per heavy atom. The first-order chi connectivity index (χ1) is 22.0. The second kappa shape index (κ2) is 16.0. The fourth-order valence-electron chi connectivity index (χ4n) is 4.64. The van der Waals surface area contributed by atoms with E-state index in [-0.39, 0.29) is 23.0 Å². The second-order valence-electron chi connectivity index (χ2n) is 10.8. The molecule has 11 heteroatoms. The van der Waals surface area contributed by atoms with Crippen LogP contribution in [0, 0.1) is 6.92 Å². The number of hydrogen-bond donors (Lipinski definition) is 1. The van der Waals surface area contributed by atoms with Crippen molar-refractivity contribution in [2.24, 2.45) is 0 Å². The summed E-state index contributed by atoms with van der Waals surface area (Å²) >= 11 is 12.9. The Hall–Kier alpha value is -4.05. The number of aryl methyl sites for hydroxylation is 1. The van der Waals surface area contributed by atoms with E-state index in [1.165, 1.54) is 17.0 Å². The van der Waals surface area contributed by atoms with Gasteiger partial charge in [0.05, 0.1) is 10.6 Å². The molecule has 0 saturated heterocycles. The molecule has 8 nitrogen and oxygen atoms in total. The summed E-state index contributed by atoms with van der Waals surface area (Å²) in [6.45, 7) is 5.20. The van der Waals surface area contributed by atoms with Crippen LogP contribution in [0.1, 0.15) is 37.8 Å². The Kier molecular flexibility index (Phi) is 12.1. The monoisotopic (exact) mass is 681 g/mol. The first-order valence-electron chi connectivity index (χ1n) is 14.9. The molecule has 0 fully saturated rings. The number of nitrogens with one attached hydrogen (secondary N) is 1. The number of carbonyl (C=O) groups is 2. The van der Waals surface area contributed by atoms with E-state index in [0.29, 0.717) is 33.7 Å². The maximum Gasteiger partial charge on any atom is 0.264 e.